The first-order chi connectivity index (χ1) is 11.6. The summed E-state index contributed by atoms with van der Waals surface area (Å²) in [7, 11) is 0. The van der Waals surface area contributed by atoms with Gasteiger partial charge in [-0.25, -0.2) is 4.39 Å². The Balaban J connectivity index is 2.07. The van der Waals surface area contributed by atoms with Gasteiger partial charge in [0, 0.05) is 29.5 Å². The summed E-state index contributed by atoms with van der Waals surface area (Å²) in [6, 6.07) is 14.1. The molecule has 0 aliphatic rings. The molecule has 0 spiro atoms. The number of nitrogens with zero attached hydrogens (tertiary/aromatic N) is 3. The average molecular weight is 317 g/mol. The second-order valence-corrected chi connectivity index (χ2v) is 5.54. The van der Waals surface area contributed by atoms with E-state index in [9.17, 15) is 9.65 Å². The highest BCUT2D eigenvalue weighted by atomic mass is 19.1. The highest BCUT2D eigenvalue weighted by Gasteiger charge is 2.10. The molecule has 0 saturated carbocycles. The Bertz CT molecular complexity index is 930. The molecule has 0 radical (unpaired) electrons. The van der Waals surface area contributed by atoms with Gasteiger partial charge in [-0.1, -0.05) is 12.1 Å². The molecule has 0 N–H and O–H groups in total. The lowest BCUT2D eigenvalue weighted by Gasteiger charge is -2.09. The molecule has 3 aromatic rings. The molecular weight excluding hydrogens is 301 g/mol. The van der Waals surface area contributed by atoms with E-state index in [1.165, 1.54) is 12.1 Å². The minimum absolute atomic E-state index is 0.313. The van der Waals surface area contributed by atoms with Crippen molar-refractivity contribution in [1.29, 1.82) is 5.26 Å². The molecule has 118 valence electrons. The average Bonchev–Trinajstić information content (AvgIpc) is 2.88. The molecular formula is C20H16FN3. The van der Waals surface area contributed by atoms with Crippen LogP contribution in [0.15, 0.2) is 54.9 Å². The van der Waals surface area contributed by atoms with E-state index in [1.807, 2.05) is 38.1 Å². The van der Waals surface area contributed by atoms with Crippen LogP contribution in [-0.4, -0.2) is 9.55 Å². The van der Waals surface area contributed by atoms with Gasteiger partial charge in [-0.15, -0.1) is 0 Å². The quantitative estimate of drug-likeness (QED) is 0.657. The predicted octanol–water partition coefficient (Wildman–Crippen LogP) is 4.69. The summed E-state index contributed by atoms with van der Waals surface area (Å²) in [4.78, 5) is 4.05. The largest absolute Gasteiger partial charge is 0.318 e. The SMILES string of the molecule is Cc1cc(C=C(C#N)c2ccc(F)cc2)c(C)n1-c1ccncc1. The van der Waals surface area contributed by atoms with Gasteiger partial charge in [0.05, 0.1) is 11.6 Å². The Labute approximate surface area is 140 Å². The van der Waals surface area contributed by atoms with Crippen LogP contribution in [0.1, 0.15) is 22.5 Å². The molecule has 0 fully saturated rings. The van der Waals surface area contributed by atoms with Crippen molar-refractivity contribution in [2.45, 2.75) is 13.8 Å². The number of benzene rings is 1. The van der Waals surface area contributed by atoms with Crippen molar-refractivity contribution >= 4 is 11.6 Å². The number of hydrogen-bond acceptors (Lipinski definition) is 2. The van der Waals surface area contributed by atoms with Gasteiger partial charge >= 0.3 is 0 Å². The molecule has 0 aliphatic carbocycles. The van der Waals surface area contributed by atoms with E-state index in [0.717, 1.165) is 22.6 Å². The number of aromatic nitrogens is 2. The van der Waals surface area contributed by atoms with Crippen molar-refractivity contribution in [3.8, 4) is 11.8 Å². The zero-order valence-electron chi connectivity index (χ0n) is 13.5. The summed E-state index contributed by atoms with van der Waals surface area (Å²) in [5, 5.41) is 9.47. The molecule has 0 unspecified atom stereocenters. The highest BCUT2D eigenvalue weighted by molar-refractivity contribution is 5.90. The van der Waals surface area contributed by atoms with E-state index in [2.05, 4.69) is 15.6 Å². The van der Waals surface area contributed by atoms with Crippen LogP contribution in [0.3, 0.4) is 0 Å². The maximum absolute atomic E-state index is 13.1. The van der Waals surface area contributed by atoms with Crippen molar-refractivity contribution in [3.05, 3.63) is 83.2 Å². The minimum atomic E-state index is -0.313. The molecule has 1 aromatic carbocycles. The summed E-state index contributed by atoms with van der Waals surface area (Å²) in [5.74, 6) is -0.313. The summed E-state index contributed by atoms with van der Waals surface area (Å²) in [5.41, 5.74) is 5.30. The summed E-state index contributed by atoms with van der Waals surface area (Å²) in [6.07, 6.45) is 5.35. The lowest BCUT2D eigenvalue weighted by Crippen LogP contribution is -1.98. The Hall–Kier alpha value is -3.19. The second-order valence-electron chi connectivity index (χ2n) is 5.54. The van der Waals surface area contributed by atoms with Crippen LogP contribution < -0.4 is 0 Å². The van der Waals surface area contributed by atoms with Gasteiger partial charge in [0.1, 0.15) is 5.82 Å². The predicted molar refractivity (Wildman–Crippen MR) is 92.9 cm³/mol. The van der Waals surface area contributed by atoms with Crippen molar-refractivity contribution in [1.82, 2.24) is 9.55 Å². The molecule has 0 aliphatic heterocycles. The number of rotatable bonds is 3. The third-order valence-corrected chi connectivity index (χ3v) is 3.97. The van der Waals surface area contributed by atoms with Crippen LogP contribution in [-0.2, 0) is 0 Å². The Kier molecular flexibility index (Phi) is 4.26. The maximum atomic E-state index is 13.1. The van der Waals surface area contributed by atoms with Crippen LogP contribution in [0.5, 0.6) is 0 Å². The van der Waals surface area contributed by atoms with E-state index < -0.39 is 0 Å². The van der Waals surface area contributed by atoms with E-state index in [0.29, 0.717) is 11.1 Å². The monoisotopic (exact) mass is 317 g/mol. The zero-order valence-corrected chi connectivity index (χ0v) is 13.5. The number of nitriles is 1. The number of aryl methyl sites for hydroxylation is 1. The fraction of sp³-hybridized carbons (Fsp3) is 0.100. The summed E-state index contributed by atoms with van der Waals surface area (Å²) < 4.78 is 15.2. The zero-order chi connectivity index (χ0) is 17.1. The molecule has 0 amide bonds. The standard InChI is InChI=1S/C20H16FN3/c1-14-11-17(15(2)24(14)20-7-9-23-10-8-20)12-18(13-22)16-3-5-19(21)6-4-16/h3-12H,1-2H3. The third kappa shape index (κ3) is 2.97. The second kappa shape index (κ2) is 6.51. The molecule has 24 heavy (non-hydrogen) atoms. The van der Waals surface area contributed by atoms with Crippen LogP contribution in [0.4, 0.5) is 4.39 Å². The van der Waals surface area contributed by atoms with Gasteiger partial charge in [0.15, 0.2) is 0 Å². The lowest BCUT2D eigenvalue weighted by molar-refractivity contribution is 0.627. The first-order valence-electron chi connectivity index (χ1n) is 7.57. The number of allylic oxidation sites excluding steroid dienone is 1. The van der Waals surface area contributed by atoms with Crippen LogP contribution in [0.2, 0.25) is 0 Å². The molecule has 0 bridgehead atoms. The van der Waals surface area contributed by atoms with E-state index >= 15 is 0 Å². The number of hydrogen-bond donors (Lipinski definition) is 0. The smallest absolute Gasteiger partial charge is 0.123 e. The third-order valence-electron chi connectivity index (χ3n) is 3.97. The van der Waals surface area contributed by atoms with Crippen molar-refractivity contribution < 1.29 is 4.39 Å². The fourth-order valence-corrected chi connectivity index (χ4v) is 2.79. The minimum Gasteiger partial charge on any atom is -0.318 e. The van der Waals surface area contributed by atoms with Crippen LogP contribution >= 0.6 is 0 Å². The van der Waals surface area contributed by atoms with Crippen LogP contribution in [0, 0.1) is 31.0 Å². The molecule has 3 rings (SSSR count). The molecule has 4 heteroatoms. The Morgan fingerprint density at radius 3 is 2.42 bits per heavy atom. The highest BCUT2D eigenvalue weighted by Crippen LogP contribution is 2.25. The topological polar surface area (TPSA) is 41.6 Å². The van der Waals surface area contributed by atoms with E-state index in [-0.39, 0.29) is 5.82 Å². The molecule has 2 aromatic heterocycles. The van der Waals surface area contributed by atoms with Gasteiger partial charge in [0.25, 0.3) is 0 Å². The van der Waals surface area contributed by atoms with Gasteiger partial charge in [-0.3, -0.25) is 4.98 Å². The summed E-state index contributed by atoms with van der Waals surface area (Å²) >= 11 is 0. The number of halogens is 1. The van der Waals surface area contributed by atoms with Crippen molar-refractivity contribution in [2.24, 2.45) is 0 Å². The first kappa shape index (κ1) is 15.7. The van der Waals surface area contributed by atoms with Gasteiger partial charge in [0.2, 0.25) is 0 Å². The van der Waals surface area contributed by atoms with Crippen molar-refractivity contribution in [2.75, 3.05) is 0 Å². The fourth-order valence-electron chi connectivity index (χ4n) is 2.79. The lowest BCUT2D eigenvalue weighted by atomic mass is 10.0. The Morgan fingerprint density at radius 1 is 1.12 bits per heavy atom. The van der Waals surface area contributed by atoms with Gasteiger partial charge in [-0.2, -0.15) is 5.26 Å². The molecule has 0 saturated heterocycles. The maximum Gasteiger partial charge on any atom is 0.123 e. The molecule has 0 atom stereocenters. The van der Waals surface area contributed by atoms with Crippen molar-refractivity contribution in [3.63, 3.8) is 0 Å². The summed E-state index contributed by atoms with van der Waals surface area (Å²) in [6.45, 7) is 4.04. The van der Waals surface area contributed by atoms with E-state index in [4.69, 9.17) is 0 Å². The molecule has 3 nitrogen and oxygen atoms in total. The normalized spacial score (nSPS) is 11.3. The van der Waals surface area contributed by atoms with Gasteiger partial charge < -0.3 is 4.57 Å². The molecule has 2 heterocycles. The Morgan fingerprint density at radius 2 is 1.79 bits per heavy atom. The first-order valence-corrected chi connectivity index (χ1v) is 7.57. The van der Waals surface area contributed by atoms with Crippen LogP contribution in [0.25, 0.3) is 17.3 Å². The number of pyridine rings is 1. The van der Waals surface area contributed by atoms with Gasteiger partial charge in [-0.05, 0) is 61.4 Å². The van der Waals surface area contributed by atoms with E-state index in [1.54, 1.807) is 24.5 Å².